The van der Waals surface area contributed by atoms with E-state index < -0.39 is 0 Å². The van der Waals surface area contributed by atoms with Gasteiger partial charge in [0.15, 0.2) is 5.78 Å². The van der Waals surface area contributed by atoms with Crippen molar-refractivity contribution in [1.82, 2.24) is 4.90 Å². The SMILES string of the molecule is CC(C)C(=O)[C@@H]1C[C@@H]2CCCC[C@@H]2N1C(C)C. The molecule has 1 aliphatic carbocycles. The molecule has 3 atom stereocenters. The molecular weight excluding hydrogens is 210 g/mol. The fourth-order valence-corrected chi connectivity index (χ4v) is 3.89. The minimum Gasteiger partial charge on any atom is -0.298 e. The molecule has 2 nitrogen and oxygen atoms in total. The maximum atomic E-state index is 12.4. The van der Waals surface area contributed by atoms with Crippen molar-refractivity contribution < 1.29 is 4.79 Å². The molecule has 0 spiro atoms. The lowest BCUT2D eigenvalue weighted by atomic mass is 9.84. The van der Waals surface area contributed by atoms with Crippen LogP contribution in [0.25, 0.3) is 0 Å². The van der Waals surface area contributed by atoms with Gasteiger partial charge < -0.3 is 0 Å². The molecule has 0 aromatic rings. The Morgan fingerprint density at radius 2 is 1.76 bits per heavy atom. The highest BCUT2D eigenvalue weighted by atomic mass is 16.1. The Labute approximate surface area is 106 Å². The van der Waals surface area contributed by atoms with Gasteiger partial charge in [-0.1, -0.05) is 26.7 Å². The van der Waals surface area contributed by atoms with E-state index in [0.717, 1.165) is 12.3 Å². The predicted octanol–water partition coefficient (Wildman–Crippen LogP) is 3.25. The van der Waals surface area contributed by atoms with Crippen molar-refractivity contribution in [3.05, 3.63) is 0 Å². The van der Waals surface area contributed by atoms with Crippen LogP contribution in [0.5, 0.6) is 0 Å². The molecule has 0 aromatic heterocycles. The summed E-state index contributed by atoms with van der Waals surface area (Å²) in [5.41, 5.74) is 0. The van der Waals surface area contributed by atoms with Gasteiger partial charge in [-0.05, 0) is 39.0 Å². The molecule has 1 aliphatic heterocycles. The van der Waals surface area contributed by atoms with E-state index in [1.165, 1.54) is 25.7 Å². The van der Waals surface area contributed by atoms with E-state index in [0.29, 0.717) is 17.9 Å². The Morgan fingerprint density at radius 1 is 1.12 bits per heavy atom. The quantitative estimate of drug-likeness (QED) is 0.751. The molecule has 1 heterocycles. The summed E-state index contributed by atoms with van der Waals surface area (Å²) in [4.78, 5) is 14.9. The van der Waals surface area contributed by atoms with E-state index >= 15 is 0 Å². The summed E-state index contributed by atoms with van der Waals surface area (Å²) in [7, 11) is 0. The first-order valence-corrected chi connectivity index (χ1v) is 7.33. The third-order valence-corrected chi connectivity index (χ3v) is 4.63. The number of fused-ring (bicyclic) bond motifs is 1. The smallest absolute Gasteiger partial charge is 0.152 e. The molecule has 0 amide bonds. The van der Waals surface area contributed by atoms with Gasteiger partial charge in [-0.15, -0.1) is 0 Å². The third-order valence-electron chi connectivity index (χ3n) is 4.63. The van der Waals surface area contributed by atoms with Crippen LogP contribution in [0, 0.1) is 11.8 Å². The number of rotatable bonds is 3. The molecule has 98 valence electrons. The molecule has 0 unspecified atom stereocenters. The number of hydrogen-bond donors (Lipinski definition) is 0. The predicted molar refractivity (Wildman–Crippen MR) is 71.0 cm³/mol. The Bertz CT molecular complexity index is 285. The lowest BCUT2D eigenvalue weighted by Crippen LogP contribution is -2.47. The summed E-state index contributed by atoms with van der Waals surface area (Å²) in [6.45, 7) is 8.58. The van der Waals surface area contributed by atoms with Crippen molar-refractivity contribution in [2.75, 3.05) is 0 Å². The number of ketones is 1. The lowest BCUT2D eigenvalue weighted by molar-refractivity contribution is -0.127. The number of likely N-dealkylation sites (tertiary alicyclic amines) is 1. The van der Waals surface area contributed by atoms with Gasteiger partial charge in [-0.2, -0.15) is 0 Å². The molecule has 2 fully saturated rings. The highest BCUT2D eigenvalue weighted by molar-refractivity contribution is 5.86. The second-order valence-corrected chi connectivity index (χ2v) is 6.46. The molecule has 1 saturated heterocycles. The van der Waals surface area contributed by atoms with Gasteiger partial charge in [-0.3, -0.25) is 9.69 Å². The van der Waals surface area contributed by atoms with Gasteiger partial charge in [0.05, 0.1) is 6.04 Å². The van der Waals surface area contributed by atoms with Crippen molar-refractivity contribution in [3.8, 4) is 0 Å². The van der Waals surface area contributed by atoms with Crippen LogP contribution in [0.1, 0.15) is 59.8 Å². The van der Waals surface area contributed by atoms with Gasteiger partial charge in [0.2, 0.25) is 0 Å². The number of carbonyl (C=O) groups excluding carboxylic acids is 1. The number of Topliss-reactive ketones (excluding diaryl/α,β-unsaturated/α-hetero) is 1. The molecule has 0 N–H and O–H groups in total. The summed E-state index contributed by atoms with van der Waals surface area (Å²) < 4.78 is 0. The van der Waals surface area contributed by atoms with E-state index in [9.17, 15) is 4.79 Å². The van der Waals surface area contributed by atoms with E-state index in [1.807, 2.05) is 13.8 Å². The minimum absolute atomic E-state index is 0.182. The highest BCUT2D eigenvalue weighted by Gasteiger charge is 2.45. The molecule has 2 aliphatic rings. The van der Waals surface area contributed by atoms with Gasteiger partial charge in [0, 0.05) is 18.0 Å². The minimum atomic E-state index is 0.182. The van der Waals surface area contributed by atoms with Crippen LogP contribution in [0.3, 0.4) is 0 Å². The van der Waals surface area contributed by atoms with Crippen LogP contribution < -0.4 is 0 Å². The number of carbonyl (C=O) groups is 1. The summed E-state index contributed by atoms with van der Waals surface area (Å²) in [6, 6.07) is 1.41. The van der Waals surface area contributed by atoms with Crippen LogP contribution in [-0.2, 0) is 4.79 Å². The molecule has 0 radical (unpaired) electrons. The first-order chi connectivity index (χ1) is 8.02. The Kier molecular flexibility index (Phi) is 3.92. The molecular formula is C15H27NO. The summed E-state index contributed by atoms with van der Waals surface area (Å²) in [5.74, 6) is 1.44. The largest absolute Gasteiger partial charge is 0.298 e. The monoisotopic (exact) mass is 237 g/mol. The van der Waals surface area contributed by atoms with Crippen LogP contribution in [0.2, 0.25) is 0 Å². The zero-order chi connectivity index (χ0) is 12.6. The maximum absolute atomic E-state index is 12.4. The fourth-order valence-electron chi connectivity index (χ4n) is 3.89. The first-order valence-electron chi connectivity index (χ1n) is 7.33. The zero-order valence-corrected chi connectivity index (χ0v) is 11.8. The maximum Gasteiger partial charge on any atom is 0.152 e. The topological polar surface area (TPSA) is 20.3 Å². The number of nitrogens with zero attached hydrogens (tertiary/aromatic N) is 1. The van der Waals surface area contributed by atoms with E-state index in [1.54, 1.807) is 0 Å². The molecule has 0 bridgehead atoms. The van der Waals surface area contributed by atoms with Crippen molar-refractivity contribution >= 4 is 5.78 Å². The summed E-state index contributed by atoms with van der Waals surface area (Å²) in [5, 5.41) is 0. The van der Waals surface area contributed by atoms with E-state index in [2.05, 4.69) is 18.7 Å². The number of hydrogen-bond acceptors (Lipinski definition) is 2. The lowest BCUT2D eigenvalue weighted by Gasteiger charge is -2.36. The Morgan fingerprint density at radius 3 is 2.35 bits per heavy atom. The zero-order valence-electron chi connectivity index (χ0n) is 11.8. The molecule has 0 aromatic carbocycles. The first kappa shape index (κ1) is 13.1. The third kappa shape index (κ3) is 2.42. The van der Waals surface area contributed by atoms with Crippen LogP contribution in [0.4, 0.5) is 0 Å². The van der Waals surface area contributed by atoms with Gasteiger partial charge in [-0.25, -0.2) is 0 Å². The second-order valence-electron chi connectivity index (χ2n) is 6.46. The van der Waals surface area contributed by atoms with Crippen molar-refractivity contribution in [2.24, 2.45) is 11.8 Å². The fraction of sp³-hybridized carbons (Fsp3) is 0.933. The van der Waals surface area contributed by atoms with E-state index in [4.69, 9.17) is 0 Å². The molecule has 1 saturated carbocycles. The summed E-state index contributed by atoms with van der Waals surface area (Å²) in [6.07, 6.45) is 6.50. The van der Waals surface area contributed by atoms with Crippen molar-refractivity contribution in [3.63, 3.8) is 0 Å². The standard InChI is InChI=1S/C15H27NO/c1-10(2)15(17)14-9-12-7-5-6-8-13(12)16(14)11(3)4/h10-14H,5-9H2,1-4H3/t12-,13-,14-/m0/s1. The molecule has 2 heteroatoms. The van der Waals surface area contributed by atoms with Crippen LogP contribution in [0.15, 0.2) is 0 Å². The van der Waals surface area contributed by atoms with Gasteiger partial charge in [0.25, 0.3) is 0 Å². The Balaban J connectivity index is 2.18. The average molecular weight is 237 g/mol. The van der Waals surface area contributed by atoms with Crippen LogP contribution in [-0.4, -0.2) is 28.8 Å². The van der Waals surface area contributed by atoms with Gasteiger partial charge in [0.1, 0.15) is 0 Å². The average Bonchev–Trinajstić information content (AvgIpc) is 2.66. The van der Waals surface area contributed by atoms with Crippen molar-refractivity contribution in [1.29, 1.82) is 0 Å². The highest BCUT2D eigenvalue weighted by Crippen LogP contribution is 2.41. The molecule has 2 rings (SSSR count). The van der Waals surface area contributed by atoms with Crippen LogP contribution >= 0.6 is 0 Å². The van der Waals surface area contributed by atoms with Crippen molar-refractivity contribution in [2.45, 2.75) is 77.9 Å². The Hall–Kier alpha value is -0.370. The molecule has 17 heavy (non-hydrogen) atoms. The normalized spacial score (nSPS) is 34.4. The second kappa shape index (κ2) is 5.09. The van der Waals surface area contributed by atoms with E-state index in [-0.39, 0.29) is 12.0 Å². The summed E-state index contributed by atoms with van der Waals surface area (Å²) >= 11 is 0. The van der Waals surface area contributed by atoms with Gasteiger partial charge >= 0.3 is 0 Å².